The van der Waals surface area contributed by atoms with E-state index in [1.165, 1.54) is 10.5 Å². The number of thioether (sulfide) groups is 1. The van der Waals surface area contributed by atoms with E-state index in [1.54, 1.807) is 11.8 Å². The van der Waals surface area contributed by atoms with Gasteiger partial charge in [-0.25, -0.2) is 0 Å². The predicted molar refractivity (Wildman–Crippen MR) is 55.3 cm³/mol. The Morgan fingerprint density at radius 3 is 2.42 bits per heavy atom. The van der Waals surface area contributed by atoms with Crippen molar-refractivity contribution in [1.82, 2.24) is 0 Å². The first-order valence-electron chi connectivity index (χ1n) is 3.92. The molecule has 0 radical (unpaired) electrons. The van der Waals surface area contributed by atoms with E-state index in [0.29, 0.717) is 0 Å². The van der Waals surface area contributed by atoms with Gasteiger partial charge in [-0.3, -0.25) is 0 Å². The third-order valence-corrected chi connectivity index (χ3v) is 2.60. The van der Waals surface area contributed by atoms with Crippen LogP contribution < -0.4 is 0 Å². The van der Waals surface area contributed by atoms with Crippen LogP contribution in [-0.2, 0) is 0 Å². The average Bonchev–Trinajstić information content (AvgIpc) is 2.09. The zero-order chi connectivity index (χ0) is 8.97. The minimum Gasteiger partial charge on any atom is -0.119 e. The third-order valence-electron chi connectivity index (χ3n) is 1.57. The second kappa shape index (κ2) is 4.23. The Hall–Kier alpha value is -0.870. The van der Waals surface area contributed by atoms with Gasteiger partial charge in [0.15, 0.2) is 0 Å². The van der Waals surface area contributed by atoms with Crippen molar-refractivity contribution in [2.24, 2.45) is 0 Å². The molecule has 0 saturated heterocycles. The van der Waals surface area contributed by atoms with Crippen LogP contribution in [0.2, 0.25) is 0 Å². The Balaban J connectivity index is 2.66. The van der Waals surface area contributed by atoms with E-state index < -0.39 is 0 Å². The van der Waals surface area contributed by atoms with Gasteiger partial charge in [0.05, 0.1) is 5.25 Å². The van der Waals surface area contributed by atoms with Crippen LogP contribution in [0.25, 0.3) is 0 Å². The van der Waals surface area contributed by atoms with Gasteiger partial charge in [0.1, 0.15) is 0 Å². The Bertz CT molecular complexity index is 279. The third kappa shape index (κ3) is 2.64. The van der Waals surface area contributed by atoms with Gasteiger partial charge in [-0.15, -0.1) is 18.2 Å². The lowest BCUT2D eigenvalue weighted by atomic mass is 10.2. The van der Waals surface area contributed by atoms with Crippen LogP contribution in [0.5, 0.6) is 0 Å². The maximum Gasteiger partial charge on any atom is 0.0673 e. The molecule has 1 rings (SSSR count). The number of hydrogen-bond acceptors (Lipinski definition) is 1. The zero-order valence-electron chi connectivity index (χ0n) is 7.37. The summed E-state index contributed by atoms with van der Waals surface area (Å²) < 4.78 is 0. The molecule has 0 bridgehead atoms. The van der Waals surface area contributed by atoms with Gasteiger partial charge in [0.25, 0.3) is 0 Å². The van der Waals surface area contributed by atoms with Gasteiger partial charge < -0.3 is 0 Å². The number of aryl methyl sites for hydroxylation is 1. The van der Waals surface area contributed by atoms with Crippen molar-refractivity contribution in [1.29, 1.82) is 0 Å². The van der Waals surface area contributed by atoms with Gasteiger partial charge in [0, 0.05) is 4.90 Å². The number of terminal acetylenes is 1. The minimum absolute atomic E-state index is 0.257. The molecule has 1 aromatic rings. The van der Waals surface area contributed by atoms with Crippen LogP contribution >= 0.6 is 11.8 Å². The maximum atomic E-state index is 5.28. The highest BCUT2D eigenvalue weighted by Crippen LogP contribution is 2.22. The molecule has 62 valence electrons. The first-order chi connectivity index (χ1) is 5.72. The smallest absolute Gasteiger partial charge is 0.0673 e. The molecular weight excluding hydrogens is 164 g/mol. The SMILES string of the molecule is C#CC(C)Sc1ccc(C)cc1. The quantitative estimate of drug-likeness (QED) is 0.493. The monoisotopic (exact) mass is 176 g/mol. The molecule has 0 spiro atoms. The van der Waals surface area contributed by atoms with Crippen molar-refractivity contribution in [2.45, 2.75) is 24.0 Å². The Morgan fingerprint density at radius 1 is 1.33 bits per heavy atom. The fourth-order valence-electron chi connectivity index (χ4n) is 0.855. The van der Waals surface area contributed by atoms with Crippen molar-refractivity contribution < 1.29 is 0 Å². The molecule has 1 atom stereocenters. The number of benzene rings is 1. The molecule has 1 aromatic carbocycles. The van der Waals surface area contributed by atoms with Gasteiger partial charge >= 0.3 is 0 Å². The van der Waals surface area contributed by atoms with E-state index in [2.05, 4.69) is 37.1 Å². The molecule has 0 heterocycles. The van der Waals surface area contributed by atoms with Crippen LogP contribution in [0.3, 0.4) is 0 Å². The van der Waals surface area contributed by atoms with Crippen molar-refractivity contribution in [3.05, 3.63) is 29.8 Å². The highest BCUT2D eigenvalue weighted by atomic mass is 32.2. The summed E-state index contributed by atoms with van der Waals surface area (Å²) >= 11 is 1.72. The molecule has 0 nitrogen and oxygen atoms in total. The van der Waals surface area contributed by atoms with E-state index in [4.69, 9.17) is 6.42 Å². The number of rotatable bonds is 2. The lowest BCUT2D eigenvalue weighted by Gasteiger charge is -2.03. The van der Waals surface area contributed by atoms with Crippen LogP contribution in [0.4, 0.5) is 0 Å². The van der Waals surface area contributed by atoms with Gasteiger partial charge in [-0.1, -0.05) is 23.6 Å². The molecular formula is C11H12S. The normalized spacial score (nSPS) is 12.1. The summed E-state index contributed by atoms with van der Waals surface area (Å²) in [7, 11) is 0. The van der Waals surface area contributed by atoms with Crippen LogP contribution in [0.1, 0.15) is 12.5 Å². The van der Waals surface area contributed by atoms with Crippen molar-refractivity contribution in [2.75, 3.05) is 0 Å². The molecule has 0 N–H and O–H groups in total. The largest absolute Gasteiger partial charge is 0.119 e. The van der Waals surface area contributed by atoms with Crippen molar-refractivity contribution >= 4 is 11.8 Å². The zero-order valence-corrected chi connectivity index (χ0v) is 8.19. The Labute approximate surface area is 78.4 Å². The summed E-state index contributed by atoms with van der Waals surface area (Å²) in [5.41, 5.74) is 1.28. The lowest BCUT2D eigenvalue weighted by Crippen LogP contribution is -1.88. The van der Waals surface area contributed by atoms with E-state index in [1.807, 2.05) is 6.92 Å². The molecule has 12 heavy (non-hydrogen) atoms. The highest BCUT2D eigenvalue weighted by molar-refractivity contribution is 8.00. The summed E-state index contributed by atoms with van der Waals surface area (Å²) in [6.07, 6.45) is 5.28. The molecule has 0 saturated carbocycles. The fourth-order valence-corrected chi connectivity index (χ4v) is 1.62. The Kier molecular flexibility index (Phi) is 3.25. The molecule has 0 aromatic heterocycles. The second-order valence-electron chi connectivity index (χ2n) is 2.74. The van der Waals surface area contributed by atoms with Crippen LogP contribution in [-0.4, -0.2) is 5.25 Å². The van der Waals surface area contributed by atoms with Crippen molar-refractivity contribution in [3.63, 3.8) is 0 Å². The van der Waals surface area contributed by atoms with Crippen molar-refractivity contribution in [3.8, 4) is 12.3 Å². The standard InChI is InChI=1S/C11H12S/c1-4-10(3)12-11-7-5-9(2)6-8-11/h1,5-8,10H,2-3H3. The van der Waals surface area contributed by atoms with Crippen LogP contribution in [0, 0.1) is 19.3 Å². The maximum absolute atomic E-state index is 5.28. The van der Waals surface area contributed by atoms with E-state index in [0.717, 1.165) is 0 Å². The topological polar surface area (TPSA) is 0 Å². The van der Waals surface area contributed by atoms with E-state index in [9.17, 15) is 0 Å². The summed E-state index contributed by atoms with van der Waals surface area (Å²) in [4.78, 5) is 1.24. The summed E-state index contributed by atoms with van der Waals surface area (Å²) in [5.74, 6) is 2.69. The molecule has 1 unspecified atom stereocenters. The molecule has 0 fully saturated rings. The molecule has 1 heteroatoms. The number of hydrogen-bond donors (Lipinski definition) is 0. The molecule has 0 aliphatic carbocycles. The predicted octanol–water partition coefficient (Wildman–Crippen LogP) is 3.11. The second-order valence-corrected chi connectivity index (χ2v) is 4.15. The van der Waals surface area contributed by atoms with Gasteiger partial charge in [0.2, 0.25) is 0 Å². The first kappa shape index (κ1) is 9.22. The van der Waals surface area contributed by atoms with E-state index in [-0.39, 0.29) is 5.25 Å². The first-order valence-corrected chi connectivity index (χ1v) is 4.80. The minimum atomic E-state index is 0.257. The highest BCUT2D eigenvalue weighted by Gasteiger charge is 1.98. The summed E-state index contributed by atoms with van der Waals surface area (Å²) in [5, 5.41) is 0.257. The van der Waals surface area contributed by atoms with Gasteiger partial charge in [-0.2, -0.15) is 0 Å². The Morgan fingerprint density at radius 2 is 1.92 bits per heavy atom. The fraction of sp³-hybridized carbons (Fsp3) is 0.273. The molecule has 0 aliphatic heterocycles. The summed E-state index contributed by atoms with van der Waals surface area (Å²) in [6, 6.07) is 8.42. The summed E-state index contributed by atoms with van der Waals surface area (Å²) in [6.45, 7) is 4.11. The molecule has 0 amide bonds. The van der Waals surface area contributed by atoms with E-state index >= 15 is 0 Å². The lowest BCUT2D eigenvalue weighted by molar-refractivity contribution is 1.28. The van der Waals surface area contributed by atoms with Crippen LogP contribution in [0.15, 0.2) is 29.2 Å². The van der Waals surface area contributed by atoms with Gasteiger partial charge in [-0.05, 0) is 26.0 Å². The molecule has 0 aliphatic rings. The average molecular weight is 176 g/mol.